The third-order valence-corrected chi connectivity index (χ3v) is 4.37. The Morgan fingerprint density at radius 1 is 1.18 bits per heavy atom. The van der Waals surface area contributed by atoms with Crippen molar-refractivity contribution in [2.24, 2.45) is 0 Å². The van der Waals surface area contributed by atoms with Gasteiger partial charge in [0, 0.05) is 30.9 Å². The van der Waals surface area contributed by atoms with Crippen LogP contribution in [0.1, 0.15) is 36.9 Å². The summed E-state index contributed by atoms with van der Waals surface area (Å²) in [6.07, 6.45) is 5.44. The maximum atomic E-state index is 12.3. The first kappa shape index (κ1) is 13.3. The molecular formula is C16H19N5O. The fraction of sp³-hybridized carbons (Fsp3) is 0.438. The van der Waals surface area contributed by atoms with Crippen molar-refractivity contribution < 1.29 is 4.79 Å². The van der Waals surface area contributed by atoms with Gasteiger partial charge in [-0.1, -0.05) is 23.4 Å². The molecule has 0 spiro atoms. The van der Waals surface area contributed by atoms with Crippen molar-refractivity contribution in [3.8, 4) is 0 Å². The molecule has 1 aliphatic heterocycles. The van der Waals surface area contributed by atoms with E-state index in [9.17, 15) is 4.79 Å². The Morgan fingerprint density at radius 2 is 2.00 bits per heavy atom. The molecule has 6 heteroatoms. The van der Waals surface area contributed by atoms with Gasteiger partial charge < -0.3 is 10.2 Å². The van der Waals surface area contributed by atoms with Crippen LogP contribution in [0.4, 0.5) is 10.5 Å². The van der Waals surface area contributed by atoms with Crippen LogP contribution in [0.5, 0.6) is 0 Å². The zero-order valence-electron chi connectivity index (χ0n) is 12.4. The highest BCUT2D eigenvalue weighted by molar-refractivity contribution is 5.89. The Hall–Kier alpha value is -2.37. The second-order valence-corrected chi connectivity index (χ2v) is 6.08. The van der Waals surface area contributed by atoms with E-state index in [0.717, 1.165) is 24.3 Å². The first-order valence-corrected chi connectivity index (χ1v) is 7.82. The molecule has 2 amide bonds. The third kappa shape index (κ3) is 2.68. The molecule has 1 saturated carbocycles. The van der Waals surface area contributed by atoms with Crippen molar-refractivity contribution in [2.45, 2.75) is 31.2 Å². The van der Waals surface area contributed by atoms with Gasteiger partial charge >= 0.3 is 6.03 Å². The van der Waals surface area contributed by atoms with Crippen LogP contribution < -0.4 is 5.32 Å². The number of aromatic nitrogens is 3. The maximum absolute atomic E-state index is 12.3. The number of hydrogen-bond donors (Lipinski definition) is 1. The molecule has 1 aromatic carbocycles. The number of benzene rings is 1. The number of para-hydroxylation sites is 1. The van der Waals surface area contributed by atoms with Gasteiger partial charge in [-0.25, -0.2) is 9.48 Å². The minimum absolute atomic E-state index is 0.0452. The van der Waals surface area contributed by atoms with Gasteiger partial charge in [0.05, 0.1) is 11.7 Å². The number of urea groups is 1. The number of nitrogens with one attached hydrogen (secondary N) is 1. The first-order chi connectivity index (χ1) is 10.8. The second-order valence-electron chi connectivity index (χ2n) is 6.08. The van der Waals surface area contributed by atoms with Gasteiger partial charge in [-0.3, -0.25) is 0 Å². The summed E-state index contributed by atoms with van der Waals surface area (Å²) in [4.78, 5) is 14.1. The fourth-order valence-electron chi connectivity index (χ4n) is 2.90. The average Bonchev–Trinajstić information content (AvgIpc) is 3.08. The van der Waals surface area contributed by atoms with Crippen LogP contribution in [-0.2, 0) is 0 Å². The predicted molar refractivity (Wildman–Crippen MR) is 82.7 cm³/mol. The minimum atomic E-state index is -0.0452. The Kier molecular flexibility index (Phi) is 3.29. The molecule has 0 bridgehead atoms. The highest BCUT2D eigenvalue weighted by atomic mass is 16.2. The van der Waals surface area contributed by atoms with Crippen LogP contribution in [-0.4, -0.2) is 39.0 Å². The summed E-state index contributed by atoms with van der Waals surface area (Å²) in [6, 6.07) is 9.74. The van der Waals surface area contributed by atoms with Crippen molar-refractivity contribution in [3.05, 3.63) is 42.2 Å². The highest BCUT2D eigenvalue weighted by Gasteiger charge is 2.31. The monoisotopic (exact) mass is 297 g/mol. The number of nitrogens with zero attached hydrogens (tertiary/aromatic N) is 4. The molecule has 4 rings (SSSR count). The topological polar surface area (TPSA) is 63.1 Å². The van der Waals surface area contributed by atoms with E-state index in [-0.39, 0.29) is 12.1 Å². The molecule has 114 valence electrons. The van der Waals surface area contributed by atoms with Crippen LogP contribution in [0.2, 0.25) is 0 Å². The van der Waals surface area contributed by atoms with Crippen LogP contribution in [0, 0.1) is 0 Å². The Balaban J connectivity index is 1.37. The summed E-state index contributed by atoms with van der Waals surface area (Å²) in [5.74, 6) is 0.618. The van der Waals surface area contributed by atoms with E-state index in [0.29, 0.717) is 12.5 Å². The molecular weight excluding hydrogens is 278 g/mol. The molecule has 1 aliphatic carbocycles. The van der Waals surface area contributed by atoms with E-state index in [1.54, 1.807) is 0 Å². The van der Waals surface area contributed by atoms with Crippen molar-refractivity contribution in [2.75, 3.05) is 18.4 Å². The van der Waals surface area contributed by atoms with Gasteiger partial charge in [-0.15, -0.1) is 5.10 Å². The Morgan fingerprint density at radius 3 is 2.77 bits per heavy atom. The maximum Gasteiger partial charge on any atom is 0.321 e. The SMILES string of the molecule is O=C(Nc1ccccc1)N1CC[C@@H](n2cc(C3CC3)nn2)C1. The third-order valence-electron chi connectivity index (χ3n) is 4.37. The number of likely N-dealkylation sites (tertiary alicyclic amines) is 1. The second kappa shape index (κ2) is 5.44. The molecule has 2 aliphatic rings. The minimum Gasteiger partial charge on any atom is -0.322 e. The lowest BCUT2D eigenvalue weighted by atomic mass is 10.2. The Bertz CT molecular complexity index is 664. The molecule has 6 nitrogen and oxygen atoms in total. The molecule has 1 N–H and O–H groups in total. The van der Waals surface area contributed by atoms with Crippen molar-refractivity contribution in [1.29, 1.82) is 0 Å². The van der Waals surface area contributed by atoms with Crippen LogP contribution >= 0.6 is 0 Å². The van der Waals surface area contributed by atoms with Crippen molar-refractivity contribution in [3.63, 3.8) is 0 Å². The first-order valence-electron chi connectivity index (χ1n) is 7.82. The largest absolute Gasteiger partial charge is 0.322 e. The molecule has 2 heterocycles. The van der Waals surface area contributed by atoms with E-state index in [2.05, 4.69) is 21.8 Å². The van der Waals surface area contributed by atoms with E-state index in [4.69, 9.17) is 0 Å². The van der Waals surface area contributed by atoms with Crippen molar-refractivity contribution in [1.82, 2.24) is 19.9 Å². The average molecular weight is 297 g/mol. The van der Waals surface area contributed by atoms with Crippen molar-refractivity contribution >= 4 is 11.7 Å². The van der Waals surface area contributed by atoms with Gasteiger partial charge in [-0.2, -0.15) is 0 Å². The molecule has 0 unspecified atom stereocenters. The fourth-order valence-corrected chi connectivity index (χ4v) is 2.90. The van der Waals surface area contributed by atoms with Crippen LogP contribution in [0.25, 0.3) is 0 Å². The van der Waals surface area contributed by atoms with E-state index < -0.39 is 0 Å². The molecule has 0 radical (unpaired) electrons. The van der Waals surface area contributed by atoms with Gasteiger partial charge in [-0.05, 0) is 31.4 Å². The highest BCUT2D eigenvalue weighted by Crippen LogP contribution is 2.39. The summed E-state index contributed by atoms with van der Waals surface area (Å²) in [7, 11) is 0. The van der Waals surface area contributed by atoms with Gasteiger partial charge in [0.15, 0.2) is 0 Å². The van der Waals surface area contributed by atoms with Crippen LogP contribution in [0.3, 0.4) is 0 Å². The lowest BCUT2D eigenvalue weighted by molar-refractivity contribution is 0.220. The smallest absolute Gasteiger partial charge is 0.321 e. The summed E-state index contributed by atoms with van der Waals surface area (Å²) < 4.78 is 1.93. The van der Waals surface area contributed by atoms with Gasteiger partial charge in [0.25, 0.3) is 0 Å². The van der Waals surface area contributed by atoms with E-state index >= 15 is 0 Å². The lowest BCUT2D eigenvalue weighted by Gasteiger charge is -2.17. The molecule has 1 aromatic heterocycles. The number of anilines is 1. The standard InChI is InChI=1S/C16H19N5O/c22-16(17-13-4-2-1-3-5-13)20-9-8-14(10-20)21-11-15(18-19-21)12-6-7-12/h1-5,11-12,14H,6-10H2,(H,17,22)/t14-/m1/s1. The zero-order valence-corrected chi connectivity index (χ0v) is 12.4. The van der Waals surface area contributed by atoms with Gasteiger partial charge in [0.1, 0.15) is 0 Å². The molecule has 1 saturated heterocycles. The molecule has 2 fully saturated rings. The Labute approximate surface area is 129 Å². The summed E-state index contributed by atoms with van der Waals surface area (Å²) >= 11 is 0. The summed E-state index contributed by atoms with van der Waals surface area (Å²) in [6.45, 7) is 1.44. The van der Waals surface area contributed by atoms with E-state index in [1.807, 2.05) is 39.9 Å². The number of hydrogen-bond acceptors (Lipinski definition) is 3. The number of rotatable bonds is 3. The number of carbonyl (C=O) groups excluding carboxylic acids is 1. The van der Waals surface area contributed by atoms with Gasteiger partial charge in [0.2, 0.25) is 0 Å². The predicted octanol–water partition coefficient (Wildman–Crippen LogP) is 2.63. The summed E-state index contributed by atoms with van der Waals surface area (Å²) in [5.41, 5.74) is 1.93. The lowest BCUT2D eigenvalue weighted by Crippen LogP contribution is -2.33. The molecule has 22 heavy (non-hydrogen) atoms. The summed E-state index contributed by atoms with van der Waals surface area (Å²) in [5, 5.41) is 11.4. The normalized spacial score (nSPS) is 21.1. The number of amides is 2. The van der Waals surface area contributed by atoms with E-state index in [1.165, 1.54) is 12.8 Å². The number of carbonyl (C=O) groups is 1. The molecule has 2 aromatic rings. The zero-order chi connectivity index (χ0) is 14.9. The van der Waals surface area contributed by atoms with Crippen LogP contribution in [0.15, 0.2) is 36.5 Å². The quantitative estimate of drug-likeness (QED) is 0.947. The molecule has 1 atom stereocenters.